The van der Waals surface area contributed by atoms with Crippen molar-refractivity contribution in [3.05, 3.63) is 21.4 Å². The summed E-state index contributed by atoms with van der Waals surface area (Å²) in [5.41, 5.74) is 1.05. The minimum atomic E-state index is -0.588. The summed E-state index contributed by atoms with van der Waals surface area (Å²) in [6.45, 7) is 3.26. The minimum absolute atomic E-state index is 0.266. The molecule has 0 saturated carbocycles. The lowest BCUT2D eigenvalue weighted by atomic mass is 10.3. The van der Waals surface area contributed by atoms with E-state index >= 15 is 0 Å². The van der Waals surface area contributed by atoms with Crippen molar-refractivity contribution in [1.29, 1.82) is 0 Å². The first-order chi connectivity index (χ1) is 4.63. The van der Waals surface area contributed by atoms with Gasteiger partial charge in [0.2, 0.25) is 0 Å². The van der Waals surface area contributed by atoms with Gasteiger partial charge in [-0.25, -0.2) is 0 Å². The molecule has 0 aromatic carbocycles. The summed E-state index contributed by atoms with van der Waals surface area (Å²) < 4.78 is 4.41. The fourth-order valence-corrected chi connectivity index (χ4v) is 0.574. The van der Waals surface area contributed by atoms with Gasteiger partial charge in [-0.1, -0.05) is 5.16 Å². The van der Waals surface area contributed by atoms with Crippen molar-refractivity contribution in [2.45, 2.75) is 13.8 Å². The molecule has 0 radical (unpaired) electrons. The number of nitrogens with zero attached hydrogens (tertiary/aromatic N) is 2. The van der Waals surface area contributed by atoms with Crippen molar-refractivity contribution in [3.8, 4) is 0 Å². The third-order valence-electron chi connectivity index (χ3n) is 1.30. The molecule has 0 atom stereocenters. The van der Waals surface area contributed by atoms with Gasteiger partial charge in [-0.15, -0.1) is 0 Å². The molecule has 0 N–H and O–H groups in total. The predicted octanol–water partition coefficient (Wildman–Crippen LogP) is 1.20. The van der Waals surface area contributed by atoms with E-state index in [2.05, 4.69) is 9.68 Å². The zero-order valence-electron chi connectivity index (χ0n) is 5.62. The molecule has 1 aromatic heterocycles. The van der Waals surface area contributed by atoms with Crippen LogP contribution in [0.4, 0.5) is 5.88 Å². The first kappa shape index (κ1) is 6.73. The first-order valence-corrected chi connectivity index (χ1v) is 2.70. The monoisotopic (exact) mass is 142 g/mol. The zero-order chi connectivity index (χ0) is 7.72. The van der Waals surface area contributed by atoms with Crippen molar-refractivity contribution in [2.24, 2.45) is 0 Å². The largest absolute Gasteiger partial charge is 0.458 e. The van der Waals surface area contributed by atoms with Crippen LogP contribution in [0, 0.1) is 24.0 Å². The molecule has 0 amide bonds. The van der Waals surface area contributed by atoms with Crippen LogP contribution in [-0.2, 0) is 0 Å². The summed E-state index contributed by atoms with van der Waals surface area (Å²) in [6.07, 6.45) is 0. The Morgan fingerprint density at radius 3 is 2.40 bits per heavy atom. The smallest absolute Gasteiger partial charge is 0.288 e. The number of rotatable bonds is 1. The molecule has 54 valence electrons. The number of aryl methyl sites for hydroxylation is 1. The van der Waals surface area contributed by atoms with E-state index in [0.29, 0.717) is 11.3 Å². The Hall–Kier alpha value is -1.39. The van der Waals surface area contributed by atoms with Crippen LogP contribution >= 0.6 is 0 Å². The molecular formula is C5H6N2O3. The molecule has 5 nitrogen and oxygen atoms in total. The third kappa shape index (κ3) is 0.854. The molecule has 1 rings (SSSR count). The van der Waals surface area contributed by atoms with Crippen LogP contribution in [0.3, 0.4) is 0 Å². The summed E-state index contributed by atoms with van der Waals surface area (Å²) in [5, 5.41) is 13.5. The topological polar surface area (TPSA) is 69.2 Å². The van der Waals surface area contributed by atoms with Crippen LogP contribution in [0.1, 0.15) is 11.3 Å². The predicted molar refractivity (Wildman–Crippen MR) is 32.6 cm³/mol. The number of aromatic nitrogens is 1. The van der Waals surface area contributed by atoms with E-state index in [1.54, 1.807) is 13.8 Å². The van der Waals surface area contributed by atoms with Crippen molar-refractivity contribution < 1.29 is 9.45 Å². The average Bonchev–Trinajstić information content (AvgIpc) is 2.14. The normalized spacial score (nSPS) is 9.80. The molecule has 0 bridgehead atoms. The minimum Gasteiger partial charge on any atom is -0.288 e. The summed E-state index contributed by atoms with van der Waals surface area (Å²) in [7, 11) is 0. The van der Waals surface area contributed by atoms with E-state index in [4.69, 9.17) is 0 Å². The van der Waals surface area contributed by atoms with Gasteiger partial charge in [-0.05, 0) is 13.8 Å². The molecule has 0 fully saturated rings. The maximum Gasteiger partial charge on any atom is 0.458 e. The third-order valence-corrected chi connectivity index (χ3v) is 1.30. The Morgan fingerprint density at radius 2 is 2.20 bits per heavy atom. The van der Waals surface area contributed by atoms with Crippen molar-refractivity contribution in [1.82, 2.24) is 5.16 Å². The first-order valence-electron chi connectivity index (χ1n) is 2.70. The molecule has 0 unspecified atom stereocenters. The Bertz CT molecular complexity index is 266. The molecule has 0 aliphatic rings. The summed E-state index contributed by atoms with van der Waals surface area (Å²) in [6, 6.07) is 0. The second-order valence-corrected chi connectivity index (χ2v) is 1.96. The van der Waals surface area contributed by atoms with Gasteiger partial charge < -0.3 is 0 Å². The lowest BCUT2D eigenvalue weighted by Crippen LogP contribution is -1.86. The van der Waals surface area contributed by atoms with Crippen LogP contribution in [0.15, 0.2) is 4.52 Å². The molecule has 10 heavy (non-hydrogen) atoms. The van der Waals surface area contributed by atoms with E-state index in [-0.39, 0.29) is 5.88 Å². The highest BCUT2D eigenvalue weighted by Crippen LogP contribution is 2.18. The van der Waals surface area contributed by atoms with Gasteiger partial charge in [0.15, 0.2) is 0 Å². The second kappa shape index (κ2) is 2.09. The van der Waals surface area contributed by atoms with E-state index in [0.717, 1.165) is 0 Å². The van der Waals surface area contributed by atoms with Crippen LogP contribution in [0.2, 0.25) is 0 Å². The van der Waals surface area contributed by atoms with Gasteiger partial charge >= 0.3 is 5.88 Å². The number of nitro groups is 1. The van der Waals surface area contributed by atoms with Gasteiger partial charge in [0.1, 0.15) is 4.92 Å². The summed E-state index contributed by atoms with van der Waals surface area (Å²) in [5.74, 6) is -0.266. The Kier molecular flexibility index (Phi) is 1.41. The molecule has 0 saturated heterocycles. The van der Waals surface area contributed by atoms with Crippen molar-refractivity contribution >= 4 is 5.88 Å². The van der Waals surface area contributed by atoms with Crippen LogP contribution < -0.4 is 0 Å². The highest BCUT2D eigenvalue weighted by atomic mass is 16.7. The SMILES string of the molecule is Cc1noc([N+](=O)[O-])c1C. The Labute approximate surface area is 56.8 Å². The highest BCUT2D eigenvalue weighted by molar-refractivity contribution is 5.29. The molecule has 0 spiro atoms. The fourth-order valence-electron chi connectivity index (χ4n) is 0.574. The van der Waals surface area contributed by atoms with Crippen LogP contribution in [0.5, 0.6) is 0 Å². The van der Waals surface area contributed by atoms with E-state index < -0.39 is 4.92 Å². The van der Waals surface area contributed by atoms with Gasteiger partial charge in [-0.3, -0.25) is 14.6 Å². The highest BCUT2D eigenvalue weighted by Gasteiger charge is 2.18. The number of hydrogen-bond donors (Lipinski definition) is 0. The molecule has 0 aliphatic heterocycles. The van der Waals surface area contributed by atoms with Gasteiger partial charge in [-0.2, -0.15) is 0 Å². The molecule has 0 aliphatic carbocycles. The van der Waals surface area contributed by atoms with Crippen molar-refractivity contribution in [2.75, 3.05) is 0 Å². The summed E-state index contributed by atoms with van der Waals surface area (Å²) >= 11 is 0. The Morgan fingerprint density at radius 1 is 1.60 bits per heavy atom. The van der Waals surface area contributed by atoms with E-state index in [9.17, 15) is 10.1 Å². The fraction of sp³-hybridized carbons (Fsp3) is 0.400. The average molecular weight is 142 g/mol. The standard InChI is InChI=1S/C5H6N2O3/c1-3-4(2)6-10-5(3)7(8)9/h1-2H3. The summed E-state index contributed by atoms with van der Waals surface area (Å²) in [4.78, 5) is 9.52. The molecule has 1 heterocycles. The maximum atomic E-state index is 10.1. The zero-order valence-corrected chi connectivity index (χ0v) is 5.62. The molecule has 5 heteroatoms. The molecular weight excluding hydrogens is 136 g/mol. The van der Waals surface area contributed by atoms with Crippen molar-refractivity contribution in [3.63, 3.8) is 0 Å². The quantitative estimate of drug-likeness (QED) is 0.436. The van der Waals surface area contributed by atoms with E-state index in [1.165, 1.54) is 0 Å². The molecule has 1 aromatic rings. The second-order valence-electron chi connectivity index (χ2n) is 1.96. The Balaban J connectivity index is 3.17. The van der Waals surface area contributed by atoms with E-state index in [1.807, 2.05) is 0 Å². The lowest BCUT2D eigenvalue weighted by Gasteiger charge is -1.81. The number of hydrogen-bond acceptors (Lipinski definition) is 4. The van der Waals surface area contributed by atoms with Gasteiger partial charge in [0.25, 0.3) is 0 Å². The lowest BCUT2D eigenvalue weighted by molar-refractivity contribution is -0.404. The van der Waals surface area contributed by atoms with Crippen LogP contribution in [-0.4, -0.2) is 10.1 Å². The van der Waals surface area contributed by atoms with Gasteiger partial charge in [0.05, 0.1) is 11.3 Å². The maximum absolute atomic E-state index is 10.1. The van der Waals surface area contributed by atoms with Crippen LogP contribution in [0.25, 0.3) is 0 Å². The van der Waals surface area contributed by atoms with Gasteiger partial charge in [0, 0.05) is 0 Å².